The molecule has 0 atom stereocenters. The topological polar surface area (TPSA) is 88.5 Å². The van der Waals surface area contributed by atoms with Crippen molar-refractivity contribution in [2.24, 2.45) is 0 Å². The lowest BCUT2D eigenvalue weighted by Crippen LogP contribution is -2.26. The number of imidazole rings is 1. The summed E-state index contributed by atoms with van der Waals surface area (Å²) in [7, 11) is 0. The molecular weight excluding hydrogens is 304 g/mol. The van der Waals surface area contributed by atoms with Crippen LogP contribution in [0.25, 0.3) is 11.2 Å². The van der Waals surface area contributed by atoms with E-state index in [1.165, 1.54) is 0 Å². The molecule has 0 bridgehead atoms. The van der Waals surface area contributed by atoms with Crippen LogP contribution in [0.4, 0.5) is 0 Å². The number of nitrogens with one attached hydrogen (secondary N) is 2. The lowest BCUT2D eigenvalue weighted by Gasteiger charge is -2.08. The highest BCUT2D eigenvalue weighted by molar-refractivity contribution is 5.96. The Morgan fingerprint density at radius 3 is 2.79 bits per heavy atom. The number of hydrogen-bond donors (Lipinski definition) is 2. The SMILES string of the molecule is Cc1n[nH]c(C)c1CCNC(=O)c1cnc2c(c1)ncn2C(C)C. The minimum atomic E-state index is -0.137. The number of pyridine rings is 1. The summed E-state index contributed by atoms with van der Waals surface area (Å²) >= 11 is 0. The Hall–Kier alpha value is -2.70. The summed E-state index contributed by atoms with van der Waals surface area (Å²) < 4.78 is 1.99. The first-order chi connectivity index (χ1) is 11.5. The third kappa shape index (κ3) is 3.02. The molecule has 0 aliphatic rings. The van der Waals surface area contributed by atoms with Gasteiger partial charge < -0.3 is 9.88 Å². The van der Waals surface area contributed by atoms with Gasteiger partial charge in [0.2, 0.25) is 0 Å². The van der Waals surface area contributed by atoms with Gasteiger partial charge in [-0.2, -0.15) is 5.10 Å². The Morgan fingerprint density at radius 1 is 1.33 bits per heavy atom. The maximum absolute atomic E-state index is 12.3. The highest BCUT2D eigenvalue weighted by Gasteiger charge is 2.12. The van der Waals surface area contributed by atoms with E-state index in [1.807, 2.05) is 18.4 Å². The van der Waals surface area contributed by atoms with Crippen molar-refractivity contribution in [3.05, 3.63) is 41.1 Å². The molecule has 0 spiro atoms. The van der Waals surface area contributed by atoms with Crippen LogP contribution in [0.15, 0.2) is 18.6 Å². The maximum Gasteiger partial charge on any atom is 0.252 e. The fraction of sp³-hybridized carbons (Fsp3) is 0.412. The van der Waals surface area contributed by atoms with E-state index in [4.69, 9.17) is 0 Å². The fourth-order valence-corrected chi connectivity index (χ4v) is 2.77. The zero-order valence-electron chi connectivity index (χ0n) is 14.4. The van der Waals surface area contributed by atoms with Crippen LogP contribution in [-0.4, -0.2) is 37.2 Å². The second-order valence-corrected chi connectivity index (χ2v) is 6.23. The largest absolute Gasteiger partial charge is 0.352 e. The van der Waals surface area contributed by atoms with E-state index in [0.29, 0.717) is 12.1 Å². The molecule has 3 heterocycles. The summed E-state index contributed by atoms with van der Waals surface area (Å²) in [5, 5.41) is 10.1. The predicted molar refractivity (Wildman–Crippen MR) is 92.0 cm³/mol. The van der Waals surface area contributed by atoms with E-state index in [9.17, 15) is 4.79 Å². The van der Waals surface area contributed by atoms with Gasteiger partial charge in [0.05, 0.1) is 17.6 Å². The third-order valence-electron chi connectivity index (χ3n) is 4.17. The number of aryl methyl sites for hydroxylation is 2. The summed E-state index contributed by atoms with van der Waals surface area (Å²) in [6.45, 7) is 8.65. The quantitative estimate of drug-likeness (QED) is 0.753. The van der Waals surface area contributed by atoms with Crippen molar-refractivity contribution in [1.82, 2.24) is 30.0 Å². The second-order valence-electron chi connectivity index (χ2n) is 6.23. The van der Waals surface area contributed by atoms with Crippen LogP contribution in [-0.2, 0) is 6.42 Å². The number of aromatic nitrogens is 5. The van der Waals surface area contributed by atoms with Crippen LogP contribution in [0.1, 0.15) is 47.2 Å². The number of H-pyrrole nitrogens is 1. The normalized spacial score (nSPS) is 11.4. The molecular formula is C17H22N6O. The van der Waals surface area contributed by atoms with Crippen molar-refractivity contribution >= 4 is 17.1 Å². The van der Waals surface area contributed by atoms with Crippen molar-refractivity contribution < 1.29 is 4.79 Å². The molecule has 7 heteroatoms. The molecule has 0 radical (unpaired) electrons. The van der Waals surface area contributed by atoms with Crippen LogP contribution in [0.2, 0.25) is 0 Å². The number of nitrogens with zero attached hydrogens (tertiary/aromatic N) is 4. The van der Waals surface area contributed by atoms with E-state index in [0.717, 1.165) is 34.5 Å². The summed E-state index contributed by atoms with van der Waals surface area (Å²) in [6, 6.07) is 2.06. The fourth-order valence-electron chi connectivity index (χ4n) is 2.77. The summed E-state index contributed by atoms with van der Waals surface area (Å²) in [5.74, 6) is -0.137. The van der Waals surface area contributed by atoms with Crippen LogP contribution >= 0.6 is 0 Å². The van der Waals surface area contributed by atoms with Crippen molar-refractivity contribution in [2.45, 2.75) is 40.2 Å². The van der Waals surface area contributed by atoms with E-state index in [-0.39, 0.29) is 11.9 Å². The number of aromatic amines is 1. The van der Waals surface area contributed by atoms with Gasteiger partial charge in [-0.1, -0.05) is 0 Å². The summed E-state index contributed by atoms with van der Waals surface area (Å²) in [5.41, 5.74) is 5.23. The molecule has 0 saturated heterocycles. The lowest BCUT2D eigenvalue weighted by atomic mass is 10.1. The van der Waals surface area contributed by atoms with E-state index < -0.39 is 0 Å². The Bertz CT molecular complexity index is 857. The number of fused-ring (bicyclic) bond motifs is 1. The molecule has 0 aromatic carbocycles. The molecule has 3 aromatic rings. The first kappa shape index (κ1) is 16.2. The molecule has 0 fully saturated rings. The lowest BCUT2D eigenvalue weighted by molar-refractivity contribution is 0.0954. The highest BCUT2D eigenvalue weighted by Crippen LogP contribution is 2.16. The molecule has 2 N–H and O–H groups in total. The van der Waals surface area contributed by atoms with Crippen molar-refractivity contribution in [3.8, 4) is 0 Å². The number of hydrogen-bond acceptors (Lipinski definition) is 4. The standard InChI is InChI=1S/C17H22N6O/c1-10(2)23-9-20-15-7-13(8-19-16(15)23)17(24)18-6-5-14-11(3)21-22-12(14)4/h7-10H,5-6H2,1-4H3,(H,18,24)(H,21,22). The Balaban J connectivity index is 1.68. The third-order valence-corrected chi connectivity index (χ3v) is 4.17. The monoisotopic (exact) mass is 326 g/mol. The zero-order chi connectivity index (χ0) is 17.3. The second kappa shape index (κ2) is 6.43. The van der Waals surface area contributed by atoms with Crippen LogP contribution in [0, 0.1) is 13.8 Å². The summed E-state index contributed by atoms with van der Waals surface area (Å²) in [4.78, 5) is 21.0. The average molecular weight is 326 g/mol. The molecule has 1 amide bonds. The van der Waals surface area contributed by atoms with Crippen LogP contribution < -0.4 is 5.32 Å². The van der Waals surface area contributed by atoms with Crippen LogP contribution in [0.3, 0.4) is 0 Å². The number of carbonyl (C=O) groups excluding carboxylic acids is 1. The molecule has 7 nitrogen and oxygen atoms in total. The molecule has 3 rings (SSSR count). The van der Waals surface area contributed by atoms with Crippen molar-refractivity contribution in [1.29, 1.82) is 0 Å². The molecule has 3 aromatic heterocycles. The molecule has 0 unspecified atom stereocenters. The minimum Gasteiger partial charge on any atom is -0.352 e. The van der Waals surface area contributed by atoms with Gasteiger partial charge in [0.25, 0.3) is 5.91 Å². The van der Waals surface area contributed by atoms with Gasteiger partial charge in [-0.05, 0) is 45.7 Å². The summed E-state index contributed by atoms with van der Waals surface area (Å²) in [6.07, 6.45) is 4.11. The van der Waals surface area contributed by atoms with E-state index in [1.54, 1.807) is 18.6 Å². The van der Waals surface area contributed by atoms with E-state index in [2.05, 4.69) is 39.3 Å². The molecule has 0 aliphatic carbocycles. The van der Waals surface area contributed by atoms with Gasteiger partial charge in [0.15, 0.2) is 5.65 Å². The van der Waals surface area contributed by atoms with Gasteiger partial charge >= 0.3 is 0 Å². The average Bonchev–Trinajstić information content (AvgIpc) is 3.11. The van der Waals surface area contributed by atoms with Gasteiger partial charge in [-0.25, -0.2) is 9.97 Å². The Morgan fingerprint density at radius 2 is 2.12 bits per heavy atom. The van der Waals surface area contributed by atoms with Gasteiger partial charge in [0, 0.05) is 24.5 Å². The minimum absolute atomic E-state index is 0.137. The van der Waals surface area contributed by atoms with Crippen molar-refractivity contribution in [3.63, 3.8) is 0 Å². The number of rotatable bonds is 5. The first-order valence-corrected chi connectivity index (χ1v) is 8.08. The predicted octanol–water partition coefficient (Wildman–Crippen LogP) is 2.32. The molecule has 0 aliphatic heterocycles. The Labute approximate surface area is 140 Å². The molecule has 126 valence electrons. The van der Waals surface area contributed by atoms with Crippen LogP contribution in [0.5, 0.6) is 0 Å². The molecule has 24 heavy (non-hydrogen) atoms. The highest BCUT2D eigenvalue weighted by atomic mass is 16.1. The van der Waals surface area contributed by atoms with Crippen molar-refractivity contribution in [2.75, 3.05) is 6.54 Å². The smallest absolute Gasteiger partial charge is 0.252 e. The van der Waals surface area contributed by atoms with E-state index >= 15 is 0 Å². The van der Waals surface area contributed by atoms with Gasteiger partial charge in [0.1, 0.15) is 5.52 Å². The Kier molecular flexibility index (Phi) is 4.33. The molecule has 0 saturated carbocycles. The van der Waals surface area contributed by atoms with Gasteiger partial charge in [-0.3, -0.25) is 9.89 Å². The first-order valence-electron chi connectivity index (χ1n) is 8.08. The zero-order valence-corrected chi connectivity index (χ0v) is 14.4. The van der Waals surface area contributed by atoms with Gasteiger partial charge in [-0.15, -0.1) is 0 Å². The maximum atomic E-state index is 12.3. The number of amides is 1. The number of carbonyl (C=O) groups is 1.